The minimum atomic E-state index is -0.304. The number of carbonyl (C=O) groups excluding carboxylic acids is 1. The molecule has 0 heterocycles. The summed E-state index contributed by atoms with van der Waals surface area (Å²) >= 11 is 0. The van der Waals surface area contributed by atoms with Gasteiger partial charge < -0.3 is 9.64 Å². The highest BCUT2D eigenvalue weighted by Gasteiger charge is 2.17. The Hall–Kier alpha value is -2.46. The fourth-order valence-corrected chi connectivity index (χ4v) is 1.39. The molecule has 0 aliphatic rings. The van der Waals surface area contributed by atoms with E-state index in [-0.39, 0.29) is 19.0 Å². The van der Waals surface area contributed by atoms with Gasteiger partial charge in [-0.15, -0.1) is 6.42 Å². The second-order valence-electron chi connectivity index (χ2n) is 3.22. The number of methoxy groups -OCH3 is 1. The molecule has 86 valence electrons. The number of hydrogen-bond acceptors (Lipinski definition) is 3. The van der Waals surface area contributed by atoms with Crippen molar-refractivity contribution in [1.82, 2.24) is 4.90 Å². The minimum absolute atomic E-state index is 0.0406. The Bertz CT molecular complexity index is 467. The molecular formula is C13H12N2O2. The van der Waals surface area contributed by atoms with Crippen LogP contribution < -0.4 is 4.74 Å². The molecule has 0 fully saturated rings. The van der Waals surface area contributed by atoms with Gasteiger partial charge in [0, 0.05) is 0 Å². The number of benzene rings is 1. The first-order valence-electron chi connectivity index (χ1n) is 4.97. The summed E-state index contributed by atoms with van der Waals surface area (Å²) in [5.41, 5.74) is 0.403. The summed E-state index contributed by atoms with van der Waals surface area (Å²) in [5, 5.41) is 8.64. The molecule has 0 N–H and O–H groups in total. The van der Waals surface area contributed by atoms with E-state index in [4.69, 9.17) is 16.4 Å². The normalized spacial score (nSPS) is 8.88. The Morgan fingerprint density at radius 1 is 1.47 bits per heavy atom. The Balaban J connectivity index is 3.02. The number of terminal acetylenes is 1. The molecule has 0 saturated carbocycles. The standard InChI is InChI=1S/C13H12N2O2/c1-3-9-15(10-8-14)13(16)11-6-4-5-7-12(11)17-2/h1,4-7H,9-10H2,2H3. The molecule has 1 rings (SSSR count). The number of nitrogens with zero attached hydrogens (tertiary/aromatic N) is 2. The molecule has 0 atom stereocenters. The van der Waals surface area contributed by atoms with Crippen molar-refractivity contribution >= 4 is 5.91 Å². The molecule has 1 amide bonds. The number of amides is 1. The van der Waals surface area contributed by atoms with Gasteiger partial charge in [-0.05, 0) is 12.1 Å². The van der Waals surface area contributed by atoms with Gasteiger partial charge in [0.05, 0.1) is 25.3 Å². The molecule has 0 spiro atoms. The lowest BCUT2D eigenvalue weighted by molar-refractivity contribution is 0.0792. The van der Waals surface area contributed by atoms with Gasteiger partial charge in [-0.2, -0.15) is 5.26 Å². The van der Waals surface area contributed by atoms with E-state index in [0.29, 0.717) is 11.3 Å². The van der Waals surface area contributed by atoms with E-state index in [0.717, 1.165) is 0 Å². The van der Waals surface area contributed by atoms with Crippen molar-refractivity contribution in [2.75, 3.05) is 20.2 Å². The topological polar surface area (TPSA) is 53.3 Å². The van der Waals surface area contributed by atoms with Crippen molar-refractivity contribution < 1.29 is 9.53 Å². The lowest BCUT2D eigenvalue weighted by Crippen LogP contribution is -2.32. The van der Waals surface area contributed by atoms with Crippen molar-refractivity contribution in [2.24, 2.45) is 0 Å². The molecule has 0 aromatic heterocycles. The second-order valence-corrected chi connectivity index (χ2v) is 3.22. The zero-order chi connectivity index (χ0) is 12.7. The van der Waals surface area contributed by atoms with Crippen LogP contribution in [0.4, 0.5) is 0 Å². The third-order valence-electron chi connectivity index (χ3n) is 2.17. The molecule has 1 aromatic carbocycles. The molecule has 0 aliphatic heterocycles. The molecule has 4 nitrogen and oxygen atoms in total. The van der Waals surface area contributed by atoms with Crippen LogP contribution in [0.3, 0.4) is 0 Å². The molecule has 0 bridgehead atoms. The average molecular weight is 228 g/mol. The van der Waals surface area contributed by atoms with Gasteiger partial charge in [0.1, 0.15) is 12.3 Å². The molecule has 0 radical (unpaired) electrons. The number of para-hydroxylation sites is 1. The highest BCUT2D eigenvalue weighted by atomic mass is 16.5. The smallest absolute Gasteiger partial charge is 0.259 e. The summed E-state index contributed by atoms with van der Waals surface area (Å²) in [5.74, 6) is 2.52. The zero-order valence-electron chi connectivity index (χ0n) is 9.51. The van der Waals surface area contributed by atoms with E-state index in [2.05, 4.69) is 5.92 Å². The summed E-state index contributed by atoms with van der Waals surface area (Å²) < 4.78 is 5.09. The van der Waals surface area contributed by atoms with Crippen molar-refractivity contribution in [1.29, 1.82) is 5.26 Å². The maximum Gasteiger partial charge on any atom is 0.259 e. The number of nitriles is 1. The van der Waals surface area contributed by atoms with Gasteiger partial charge in [-0.1, -0.05) is 18.1 Å². The quantitative estimate of drug-likeness (QED) is 0.576. The number of rotatable bonds is 4. The third kappa shape index (κ3) is 2.99. The predicted octanol–water partition coefficient (Wildman–Crippen LogP) is 1.29. The lowest BCUT2D eigenvalue weighted by atomic mass is 10.1. The van der Waals surface area contributed by atoms with Crippen molar-refractivity contribution in [2.45, 2.75) is 0 Å². The van der Waals surface area contributed by atoms with E-state index in [1.165, 1.54) is 12.0 Å². The summed E-state index contributed by atoms with van der Waals surface area (Å²) in [7, 11) is 1.49. The van der Waals surface area contributed by atoms with Gasteiger partial charge in [-0.25, -0.2) is 0 Å². The Labute approximate surface area is 100 Å². The zero-order valence-corrected chi connectivity index (χ0v) is 9.51. The van der Waals surface area contributed by atoms with Crippen molar-refractivity contribution in [3.8, 4) is 24.2 Å². The van der Waals surface area contributed by atoms with Gasteiger partial charge in [0.25, 0.3) is 5.91 Å². The number of carbonyl (C=O) groups is 1. The van der Waals surface area contributed by atoms with E-state index >= 15 is 0 Å². The fourth-order valence-electron chi connectivity index (χ4n) is 1.39. The Morgan fingerprint density at radius 2 is 2.18 bits per heavy atom. The van der Waals surface area contributed by atoms with Crippen LogP contribution in [0.5, 0.6) is 5.75 Å². The van der Waals surface area contributed by atoms with Crippen LogP contribution in [0.1, 0.15) is 10.4 Å². The average Bonchev–Trinajstić information content (AvgIpc) is 2.37. The first-order valence-corrected chi connectivity index (χ1v) is 4.97. The van der Waals surface area contributed by atoms with E-state index in [1.807, 2.05) is 6.07 Å². The summed E-state index contributed by atoms with van der Waals surface area (Å²) in [6.45, 7) is 0.0610. The largest absolute Gasteiger partial charge is 0.496 e. The van der Waals surface area contributed by atoms with Crippen LogP contribution in [0.25, 0.3) is 0 Å². The molecule has 17 heavy (non-hydrogen) atoms. The van der Waals surface area contributed by atoms with Crippen molar-refractivity contribution in [3.63, 3.8) is 0 Å². The molecule has 4 heteroatoms. The summed E-state index contributed by atoms with van der Waals surface area (Å²) in [6.07, 6.45) is 5.16. The summed E-state index contributed by atoms with van der Waals surface area (Å²) in [6, 6.07) is 8.74. The third-order valence-corrected chi connectivity index (χ3v) is 2.17. The van der Waals surface area contributed by atoms with Crippen LogP contribution in [-0.4, -0.2) is 31.0 Å². The first-order chi connectivity index (χ1) is 8.24. The van der Waals surface area contributed by atoms with E-state index < -0.39 is 0 Å². The van der Waals surface area contributed by atoms with Crippen LogP contribution in [0, 0.1) is 23.7 Å². The molecule has 0 saturated heterocycles. The maximum atomic E-state index is 12.1. The first kappa shape index (κ1) is 12.6. The van der Waals surface area contributed by atoms with Gasteiger partial charge in [-0.3, -0.25) is 4.79 Å². The SMILES string of the molecule is C#CCN(CC#N)C(=O)c1ccccc1OC. The van der Waals surface area contributed by atoms with Crippen molar-refractivity contribution in [3.05, 3.63) is 29.8 Å². The van der Waals surface area contributed by atoms with Gasteiger partial charge >= 0.3 is 0 Å². The molecule has 0 aliphatic carbocycles. The van der Waals surface area contributed by atoms with E-state index in [1.54, 1.807) is 24.3 Å². The van der Waals surface area contributed by atoms with Crippen LogP contribution in [-0.2, 0) is 0 Å². The highest BCUT2D eigenvalue weighted by Crippen LogP contribution is 2.18. The van der Waals surface area contributed by atoms with Gasteiger partial charge in [0.15, 0.2) is 0 Å². The fraction of sp³-hybridized carbons (Fsp3) is 0.231. The highest BCUT2D eigenvalue weighted by molar-refractivity contribution is 5.97. The van der Waals surface area contributed by atoms with Crippen LogP contribution in [0.15, 0.2) is 24.3 Å². The lowest BCUT2D eigenvalue weighted by Gasteiger charge is -2.17. The number of hydrogen-bond donors (Lipinski definition) is 0. The Kier molecular flexibility index (Phi) is 4.59. The maximum absolute atomic E-state index is 12.1. The Morgan fingerprint density at radius 3 is 2.76 bits per heavy atom. The molecule has 0 unspecified atom stereocenters. The monoisotopic (exact) mass is 228 g/mol. The molecular weight excluding hydrogens is 216 g/mol. The predicted molar refractivity (Wildman–Crippen MR) is 63.3 cm³/mol. The minimum Gasteiger partial charge on any atom is -0.496 e. The van der Waals surface area contributed by atoms with E-state index in [9.17, 15) is 4.79 Å². The summed E-state index contributed by atoms with van der Waals surface area (Å²) in [4.78, 5) is 13.4. The van der Waals surface area contributed by atoms with Crippen LogP contribution in [0.2, 0.25) is 0 Å². The molecule has 1 aromatic rings. The van der Waals surface area contributed by atoms with Crippen LogP contribution >= 0.6 is 0 Å². The second kappa shape index (κ2) is 6.19. The number of ether oxygens (including phenoxy) is 1. The van der Waals surface area contributed by atoms with Gasteiger partial charge in [0.2, 0.25) is 0 Å².